The number of hydrogen-bond donors (Lipinski definition) is 0. The number of fused-ring (bicyclic) bond motifs is 8. The summed E-state index contributed by atoms with van der Waals surface area (Å²) in [4.78, 5) is 73.9. The van der Waals surface area contributed by atoms with Crippen molar-refractivity contribution in [1.82, 2.24) is 9.97 Å². The van der Waals surface area contributed by atoms with Gasteiger partial charge in [-0.25, -0.2) is 15.0 Å². The number of aromatic nitrogens is 2. The molecular weight excluding hydrogens is 657 g/mol. The summed E-state index contributed by atoms with van der Waals surface area (Å²) in [5, 5.41) is 5.02. The molecule has 10 rings (SSSR count). The minimum Gasteiger partial charge on any atom is -0.463 e. The Morgan fingerprint density at radius 1 is 0.571 bits per heavy atom. The van der Waals surface area contributed by atoms with E-state index in [1.807, 2.05) is 48.5 Å². The minimum atomic E-state index is -0.742. The zero-order valence-corrected chi connectivity index (χ0v) is 27.2. The van der Waals surface area contributed by atoms with Crippen LogP contribution in [0.25, 0.3) is 52.8 Å². The van der Waals surface area contributed by atoms with Gasteiger partial charge in [-0.15, -0.1) is 0 Å². The zero-order chi connectivity index (χ0) is 33.0. The van der Waals surface area contributed by atoms with Crippen LogP contribution in [0.2, 0.25) is 0 Å². The van der Waals surface area contributed by atoms with Crippen molar-refractivity contribution in [2.45, 2.75) is 37.7 Å². The third-order valence-corrected chi connectivity index (χ3v) is 11.9. The molecule has 0 bridgehead atoms. The average molecular weight is 679 g/mol. The van der Waals surface area contributed by atoms with Crippen LogP contribution in [-0.2, 0) is 5.60 Å². The van der Waals surface area contributed by atoms with Crippen LogP contribution in [0, 0.1) is 0 Å². The second kappa shape index (κ2) is 10.2. The first-order valence-electron chi connectivity index (χ1n) is 16.0. The lowest BCUT2D eigenvalue weighted by molar-refractivity contribution is 0.0170. The van der Waals surface area contributed by atoms with Crippen molar-refractivity contribution in [3.63, 3.8) is 0 Å². The van der Waals surface area contributed by atoms with Crippen LogP contribution < -0.4 is 37.2 Å². The van der Waals surface area contributed by atoms with E-state index >= 15 is 0 Å². The molecule has 0 amide bonds. The normalized spacial score (nSPS) is 15.2. The highest BCUT2D eigenvalue weighted by atomic mass is 32.1. The third-order valence-electron chi connectivity index (χ3n) is 9.82. The van der Waals surface area contributed by atoms with E-state index in [9.17, 15) is 19.2 Å². The second-order valence-electron chi connectivity index (χ2n) is 12.7. The molecule has 0 unspecified atom stereocenters. The van der Waals surface area contributed by atoms with E-state index in [0.29, 0.717) is 38.0 Å². The Morgan fingerprint density at radius 2 is 1.00 bits per heavy atom. The Hall–Kier alpha value is -5.52. The minimum absolute atomic E-state index is 0.155. The van der Waals surface area contributed by atoms with Crippen molar-refractivity contribution >= 4 is 76.0 Å². The largest absolute Gasteiger partial charge is 0.463 e. The summed E-state index contributed by atoms with van der Waals surface area (Å²) in [6, 6.07) is 22.2. The van der Waals surface area contributed by atoms with E-state index in [0.717, 1.165) is 58.5 Å². The molecule has 0 saturated heterocycles. The number of benzene rings is 4. The lowest BCUT2D eigenvalue weighted by atomic mass is 9.81. The lowest BCUT2D eigenvalue weighted by Crippen LogP contribution is -2.38. The molecule has 0 atom stereocenters. The predicted molar refractivity (Wildman–Crippen MR) is 192 cm³/mol. The molecular formula is C38H22N4O5S2. The fourth-order valence-corrected chi connectivity index (χ4v) is 9.44. The van der Waals surface area contributed by atoms with Crippen LogP contribution in [0.1, 0.15) is 37.8 Å². The van der Waals surface area contributed by atoms with Gasteiger partial charge in [-0.1, -0.05) is 77.6 Å². The Labute approximate surface area is 283 Å². The first kappa shape index (κ1) is 28.5. The summed E-state index contributed by atoms with van der Waals surface area (Å²) >= 11 is 2.48. The van der Waals surface area contributed by atoms with Crippen LogP contribution in [0.4, 0.5) is 10.3 Å². The van der Waals surface area contributed by atoms with E-state index in [1.54, 1.807) is 24.3 Å². The quantitative estimate of drug-likeness (QED) is 0.217. The second-order valence-corrected chi connectivity index (χ2v) is 14.6. The van der Waals surface area contributed by atoms with E-state index in [-0.39, 0.29) is 21.0 Å². The molecule has 236 valence electrons. The van der Waals surface area contributed by atoms with Gasteiger partial charge in [0.05, 0.1) is 4.88 Å². The Balaban J connectivity index is 1.14. The molecule has 1 saturated carbocycles. The van der Waals surface area contributed by atoms with Crippen molar-refractivity contribution in [2.24, 2.45) is 9.98 Å². The molecule has 1 spiro atoms. The predicted octanol–water partition coefficient (Wildman–Crippen LogP) is 6.09. The van der Waals surface area contributed by atoms with Crippen LogP contribution in [0.3, 0.4) is 0 Å². The van der Waals surface area contributed by atoms with Crippen molar-refractivity contribution in [1.29, 1.82) is 0 Å². The van der Waals surface area contributed by atoms with Gasteiger partial charge < -0.3 is 4.74 Å². The maximum atomic E-state index is 13.5. The molecule has 2 aliphatic rings. The van der Waals surface area contributed by atoms with Gasteiger partial charge in [0.15, 0.2) is 16.3 Å². The summed E-state index contributed by atoms with van der Waals surface area (Å²) in [5.74, 6) is 0.370. The summed E-state index contributed by atoms with van der Waals surface area (Å²) < 4.78 is 6.64. The zero-order valence-electron chi connectivity index (χ0n) is 25.6. The average Bonchev–Trinajstić information content (AvgIpc) is 3.85. The van der Waals surface area contributed by atoms with Gasteiger partial charge >= 0.3 is 0 Å². The van der Waals surface area contributed by atoms with Crippen molar-refractivity contribution in [3.8, 4) is 15.6 Å². The molecule has 1 aliphatic heterocycles. The third kappa shape index (κ3) is 4.15. The van der Waals surface area contributed by atoms with Gasteiger partial charge in [0.1, 0.15) is 10.6 Å². The number of thiazole rings is 2. The number of ether oxygens (including phenoxy) is 1. The highest BCUT2D eigenvalue weighted by Gasteiger charge is 2.46. The highest BCUT2D eigenvalue weighted by Crippen LogP contribution is 2.56. The molecule has 8 aromatic rings. The molecule has 9 nitrogen and oxygen atoms in total. The summed E-state index contributed by atoms with van der Waals surface area (Å²) in [6.45, 7) is 0. The highest BCUT2D eigenvalue weighted by molar-refractivity contribution is 7.25. The Morgan fingerprint density at radius 3 is 1.47 bits per heavy atom. The summed E-state index contributed by atoms with van der Waals surface area (Å²) in [5.41, 5.74) is -1.73. The standard InChI is InChI=1S/C38H22N4O5S2/c43-28-22-14-18-8-2-3-9-19(18)15-23(22)29(44)26(28)39-36-41-34-32(48-36)33-35(47-38(34)12-6-1-7-13-38)42-37(49-33)40-27-30(45)24-16-20-10-4-5-11-21(20)17-25(24)31(27)46/h2-5,8-11,14-17H,1,6-7,12-13H2. The maximum absolute atomic E-state index is 13.5. The Bertz CT molecular complexity index is 2920. The van der Waals surface area contributed by atoms with Gasteiger partial charge in [0.2, 0.25) is 37.9 Å². The molecule has 2 aromatic heterocycles. The lowest BCUT2D eigenvalue weighted by Gasteiger charge is -2.38. The first-order chi connectivity index (χ1) is 23.9. The van der Waals surface area contributed by atoms with Gasteiger partial charge in [-0.2, -0.15) is 4.98 Å². The Kier molecular flexibility index (Phi) is 5.95. The monoisotopic (exact) mass is 678 g/mol. The van der Waals surface area contributed by atoms with E-state index < -0.39 is 27.3 Å². The van der Waals surface area contributed by atoms with Gasteiger partial charge in [-0.3, -0.25) is 19.2 Å². The smallest absolute Gasteiger partial charge is 0.236 e. The molecule has 1 aliphatic carbocycles. The van der Waals surface area contributed by atoms with Crippen LogP contribution in [0.5, 0.6) is 5.88 Å². The van der Waals surface area contributed by atoms with Gasteiger partial charge in [0, 0.05) is 21.5 Å². The number of rotatable bonds is 2. The van der Waals surface area contributed by atoms with E-state index in [1.165, 1.54) is 22.7 Å². The SMILES string of the molecule is O=c1c(=Nc2nc3c(s2)-c2sc(N=c4c(=O)c5cc6ccccc6cc5c4=O)nc2C2(CCCCC2)O3)c(=O)c2cc3ccccc3cc12. The van der Waals surface area contributed by atoms with Gasteiger partial charge in [0.25, 0.3) is 0 Å². The van der Waals surface area contributed by atoms with Crippen molar-refractivity contribution in [3.05, 3.63) is 130 Å². The topological polar surface area (TPSA) is 128 Å². The van der Waals surface area contributed by atoms with Crippen LogP contribution in [0.15, 0.2) is 102 Å². The fourth-order valence-electron chi connectivity index (χ4n) is 7.41. The molecule has 11 heteroatoms. The van der Waals surface area contributed by atoms with Crippen molar-refractivity contribution in [2.75, 3.05) is 0 Å². The molecule has 6 aromatic carbocycles. The van der Waals surface area contributed by atoms with Gasteiger partial charge in [-0.05, 0) is 71.5 Å². The summed E-state index contributed by atoms with van der Waals surface area (Å²) in [7, 11) is 0. The molecule has 49 heavy (non-hydrogen) atoms. The molecule has 0 N–H and O–H groups in total. The maximum Gasteiger partial charge on any atom is 0.236 e. The number of hydrogen-bond acceptors (Lipinski definition) is 11. The fraction of sp³-hybridized carbons (Fsp3) is 0.158. The van der Waals surface area contributed by atoms with Crippen LogP contribution in [-0.4, -0.2) is 9.97 Å². The molecule has 3 heterocycles. The first-order valence-corrected chi connectivity index (χ1v) is 17.6. The van der Waals surface area contributed by atoms with E-state index in [4.69, 9.17) is 9.72 Å². The van der Waals surface area contributed by atoms with Crippen molar-refractivity contribution < 1.29 is 4.74 Å². The summed E-state index contributed by atoms with van der Waals surface area (Å²) in [6.07, 6.45) is 4.38. The van der Waals surface area contributed by atoms with E-state index in [2.05, 4.69) is 15.0 Å². The van der Waals surface area contributed by atoms with Crippen LogP contribution >= 0.6 is 22.7 Å². The molecule has 0 radical (unpaired) electrons. The number of nitrogens with zero attached hydrogens (tertiary/aromatic N) is 4. The molecule has 1 fully saturated rings.